The third-order valence-corrected chi connectivity index (χ3v) is 3.47. The quantitative estimate of drug-likeness (QED) is 0.873. The lowest BCUT2D eigenvalue weighted by Crippen LogP contribution is -1.94. The van der Waals surface area contributed by atoms with Crippen LogP contribution < -0.4 is 5.73 Å². The minimum Gasteiger partial charge on any atom is -0.325 e. The van der Waals surface area contributed by atoms with E-state index in [9.17, 15) is 0 Å². The summed E-state index contributed by atoms with van der Waals surface area (Å²) in [5, 5.41) is 3.72. The van der Waals surface area contributed by atoms with E-state index in [2.05, 4.69) is 4.98 Å². The average molecular weight is 239 g/mol. The Morgan fingerprint density at radius 1 is 1.47 bits per heavy atom. The molecule has 2 nitrogen and oxygen atoms in total. The molecule has 2 aromatic rings. The van der Waals surface area contributed by atoms with Gasteiger partial charge in [0.15, 0.2) is 0 Å². The first-order valence-corrected chi connectivity index (χ1v) is 5.87. The van der Waals surface area contributed by atoms with Gasteiger partial charge in [0.25, 0.3) is 0 Å². The molecule has 2 rings (SSSR count). The standard InChI is InChI=1S/C11H11ClN2S/c1-7-2-3-8(4-9(7)12)10-6-15-11(5-13)14-10/h2-4,6H,5,13H2,1H3. The summed E-state index contributed by atoms with van der Waals surface area (Å²) in [5.41, 5.74) is 8.59. The van der Waals surface area contributed by atoms with Gasteiger partial charge in [-0.25, -0.2) is 4.98 Å². The van der Waals surface area contributed by atoms with Crippen molar-refractivity contribution in [2.24, 2.45) is 5.73 Å². The van der Waals surface area contributed by atoms with E-state index in [-0.39, 0.29) is 0 Å². The molecule has 15 heavy (non-hydrogen) atoms. The van der Waals surface area contributed by atoms with E-state index in [1.165, 1.54) is 0 Å². The predicted molar refractivity (Wildman–Crippen MR) is 65.2 cm³/mol. The fraction of sp³-hybridized carbons (Fsp3) is 0.182. The van der Waals surface area contributed by atoms with Crippen LogP contribution in [0.15, 0.2) is 23.6 Å². The van der Waals surface area contributed by atoms with Crippen molar-refractivity contribution in [2.45, 2.75) is 13.5 Å². The molecule has 0 aliphatic heterocycles. The Morgan fingerprint density at radius 2 is 2.27 bits per heavy atom. The highest BCUT2D eigenvalue weighted by atomic mass is 35.5. The maximum Gasteiger partial charge on any atom is 0.107 e. The number of halogens is 1. The number of nitrogens with zero attached hydrogens (tertiary/aromatic N) is 1. The van der Waals surface area contributed by atoms with Crippen molar-refractivity contribution in [3.05, 3.63) is 39.2 Å². The number of aryl methyl sites for hydroxylation is 1. The number of aromatic nitrogens is 1. The van der Waals surface area contributed by atoms with Crippen molar-refractivity contribution >= 4 is 22.9 Å². The molecule has 1 heterocycles. The van der Waals surface area contributed by atoms with Crippen molar-refractivity contribution in [1.82, 2.24) is 4.98 Å². The molecular weight excluding hydrogens is 228 g/mol. The molecule has 2 N–H and O–H groups in total. The first kappa shape index (κ1) is 10.6. The molecule has 0 saturated heterocycles. The minimum absolute atomic E-state index is 0.490. The van der Waals surface area contributed by atoms with Crippen molar-refractivity contribution < 1.29 is 0 Å². The fourth-order valence-electron chi connectivity index (χ4n) is 1.29. The number of thiazole rings is 1. The maximum absolute atomic E-state index is 6.06. The van der Waals surface area contributed by atoms with E-state index in [1.807, 2.05) is 30.5 Å². The van der Waals surface area contributed by atoms with Gasteiger partial charge in [-0.05, 0) is 18.6 Å². The highest BCUT2D eigenvalue weighted by molar-refractivity contribution is 7.09. The molecule has 0 fully saturated rings. The van der Waals surface area contributed by atoms with Gasteiger partial charge in [0.1, 0.15) is 5.01 Å². The second-order valence-corrected chi connectivity index (χ2v) is 4.64. The number of hydrogen-bond acceptors (Lipinski definition) is 3. The predicted octanol–water partition coefficient (Wildman–Crippen LogP) is 3.23. The Labute approximate surface area is 97.7 Å². The highest BCUT2D eigenvalue weighted by Gasteiger charge is 2.04. The van der Waals surface area contributed by atoms with Crippen LogP contribution in [0.3, 0.4) is 0 Å². The summed E-state index contributed by atoms with van der Waals surface area (Å²) in [6.07, 6.45) is 0. The Kier molecular flexibility index (Phi) is 3.05. The van der Waals surface area contributed by atoms with Gasteiger partial charge in [-0.2, -0.15) is 0 Å². The molecule has 1 aromatic carbocycles. The van der Waals surface area contributed by atoms with E-state index >= 15 is 0 Å². The Morgan fingerprint density at radius 3 is 2.87 bits per heavy atom. The van der Waals surface area contributed by atoms with Gasteiger partial charge in [-0.15, -0.1) is 11.3 Å². The molecule has 0 saturated carbocycles. The van der Waals surface area contributed by atoms with E-state index in [4.69, 9.17) is 17.3 Å². The van der Waals surface area contributed by atoms with Crippen LogP contribution in [0.1, 0.15) is 10.6 Å². The lowest BCUT2D eigenvalue weighted by atomic mass is 10.1. The molecular formula is C11H11ClN2S. The monoisotopic (exact) mass is 238 g/mol. The van der Waals surface area contributed by atoms with E-state index < -0.39 is 0 Å². The third-order valence-electron chi connectivity index (χ3n) is 2.19. The lowest BCUT2D eigenvalue weighted by Gasteiger charge is -2.00. The SMILES string of the molecule is Cc1ccc(-c2csc(CN)n2)cc1Cl. The number of nitrogens with two attached hydrogens (primary N) is 1. The fourth-order valence-corrected chi connectivity index (χ4v) is 2.15. The molecule has 0 aliphatic rings. The third kappa shape index (κ3) is 2.20. The van der Waals surface area contributed by atoms with Crippen molar-refractivity contribution in [3.8, 4) is 11.3 Å². The maximum atomic E-state index is 6.06. The van der Waals surface area contributed by atoms with Gasteiger partial charge in [0.05, 0.1) is 5.69 Å². The second kappa shape index (κ2) is 4.31. The van der Waals surface area contributed by atoms with E-state index in [0.29, 0.717) is 6.54 Å². The van der Waals surface area contributed by atoms with Crippen LogP contribution >= 0.6 is 22.9 Å². The smallest absolute Gasteiger partial charge is 0.107 e. The second-order valence-electron chi connectivity index (χ2n) is 3.29. The normalized spacial score (nSPS) is 10.6. The Hall–Kier alpha value is -0.900. The van der Waals surface area contributed by atoms with Crippen LogP contribution in [-0.2, 0) is 6.54 Å². The van der Waals surface area contributed by atoms with Crippen LogP contribution in [-0.4, -0.2) is 4.98 Å². The number of hydrogen-bond donors (Lipinski definition) is 1. The molecule has 78 valence electrons. The van der Waals surface area contributed by atoms with Crippen molar-refractivity contribution in [3.63, 3.8) is 0 Å². The van der Waals surface area contributed by atoms with Crippen LogP contribution in [0.2, 0.25) is 5.02 Å². The summed E-state index contributed by atoms with van der Waals surface area (Å²) in [5.74, 6) is 0. The molecule has 0 aliphatic carbocycles. The van der Waals surface area contributed by atoms with E-state index in [0.717, 1.165) is 26.9 Å². The molecule has 1 aromatic heterocycles. The minimum atomic E-state index is 0.490. The van der Waals surface area contributed by atoms with Crippen molar-refractivity contribution in [2.75, 3.05) is 0 Å². The van der Waals surface area contributed by atoms with Crippen LogP contribution in [0.5, 0.6) is 0 Å². The Balaban J connectivity index is 2.40. The van der Waals surface area contributed by atoms with Crippen molar-refractivity contribution in [1.29, 1.82) is 0 Å². The Bertz CT molecular complexity index is 479. The summed E-state index contributed by atoms with van der Waals surface area (Å²) < 4.78 is 0. The molecule has 0 bridgehead atoms. The highest BCUT2D eigenvalue weighted by Crippen LogP contribution is 2.26. The van der Waals surface area contributed by atoms with Gasteiger partial charge >= 0.3 is 0 Å². The van der Waals surface area contributed by atoms with Gasteiger partial charge in [0.2, 0.25) is 0 Å². The lowest BCUT2D eigenvalue weighted by molar-refractivity contribution is 1.04. The zero-order chi connectivity index (χ0) is 10.8. The molecule has 0 spiro atoms. The van der Waals surface area contributed by atoms with Gasteiger partial charge < -0.3 is 5.73 Å². The van der Waals surface area contributed by atoms with Crippen LogP contribution in [0.25, 0.3) is 11.3 Å². The molecule has 0 amide bonds. The van der Waals surface area contributed by atoms with Crippen LogP contribution in [0, 0.1) is 6.92 Å². The van der Waals surface area contributed by atoms with Gasteiger partial charge in [-0.3, -0.25) is 0 Å². The van der Waals surface area contributed by atoms with Gasteiger partial charge in [0, 0.05) is 22.5 Å². The number of benzene rings is 1. The zero-order valence-corrected chi connectivity index (χ0v) is 9.90. The summed E-state index contributed by atoms with van der Waals surface area (Å²) in [6, 6.07) is 5.96. The average Bonchev–Trinajstić information content (AvgIpc) is 2.70. The van der Waals surface area contributed by atoms with Crippen LogP contribution in [0.4, 0.5) is 0 Å². The molecule has 0 radical (unpaired) electrons. The zero-order valence-electron chi connectivity index (χ0n) is 8.33. The summed E-state index contributed by atoms with van der Waals surface area (Å²) in [7, 11) is 0. The summed E-state index contributed by atoms with van der Waals surface area (Å²) >= 11 is 7.63. The van der Waals surface area contributed by atoms with E-state index in [1.54, 1.807) is 11.3 Å². The summed E-state index contributed by atoms with van der Waals surface area (Å²) in [4.78, 5) is 4.40. The summed E-state index contributed by atoms with van der Waals surface area (Å²) in [6.45, 7) is 2.47. The number of rotatable bonds is 2. The topological polar surface area (TPSA) is 38.9 Å². The van der Waals surface area contributed by atoms with Gasteiger partial charge in [-0.1, -0.05) is 23.7 Å². The molecule has 4 heteroatoms. The largest absolute Gasteiger partial charge is 0.325 e. The molecule has 0 unspecified atom stereocenters. The molecule has 0 atom stereocenters. The first-order valence-electron chi connectivity index (χ1n) is 4.61. The first-order chi connectivity index (χ1) is 7.20.